The van der Waals surface area contributed by atoms with Gasteiger partial charge in [0.25, 0.3) is 0 Å². The molecular weight excluding hydrogens is 256 g/mol. The fourth-order valence-electron chi connectivity index (χ4n) is 1.66. The summed E-state index contributed by atoms with van der Waals surface area (Å²) in [4.78, 5) is 24.9. The second kappa shape index (κ2) is 6.41. The van der Waals surface area contributed by atoms with Gasteiger partial charge in [-0.25, -0.2) is 9.59 Å². The first kappa shape index (κ1) is 16.0. The fraction of sp³-hybridized carbons (Fsp3) is 0.467. The third-order valence-corrected chi connectivity index (χ3v) is 3.03. The molecule has 0 saturated heterocycles. The van der Waals surface area contributed by atoms with Gasteiger partial charge >= 0.3 is 12.0 Å². The molecule has 0 radical (unpaired) electrons. The largest absolute Gasteiger partial charge is 0.480 e. The molecular formula is C15H22N2O3. The van der Waals surface area contributed by atoms with Crippen LogP contribution in [0, 0.1) is 0 Å². The molecule has 0 aliphatic carbocycles. The van der Waals surface area contributed by atoms with Gasteiger partial charge in [0.05, 0.1) is 0 Å². The summed E-state index contributed by atoms with van der Waals surface area (Å²) in [7, 11) is 0. The molecule has 0 bridgehead atoms. The number of rotatable bonds is 5. The van der Waals surface area contributed by atoms with Crippen LogP contribution in [0.1, 0.15) is 33.3 Å². The summed E-state index contributed by atoms with van der Waals surface area (Å²) in [5, 5.41) is 11.6. The Morgan fingerprint density at radius 3 is 2.25 bits per heavy atom. The molecule has 0 saturated carbocycles. The Morgan fingerprint density at radius 2 is 1.80 bits per heavy atom. The lowest BCUT2D eigenvalue weighted by Gasteiger charge is -2.31. The molecule has 5 nitrogen and oxygen atoms in total. The Labute approximate surface area is 119 Å². The predicted molar refractivity (Wildman–Crippen MR) is 77.4 cm³/mol. The third kappa shape index (κ3) is 4.26. The lowest BCUT2D eigenvalue weighted by Crippen LogP contribution is -2.55. The van der Waals surface area contributed by atoms with E-state index in [1.807, 2.05) is 44.2 Å². The highest BCUT2D eigenvalue weighted by molar-refractivity contribution is 5.85. The number of aliphatic carboxylic acids is 1. The number of hydrogen-bond acceptors (Lipinski definition) is 2. The Kier molecular flexibility index (Phi) is 5.13. The van der Waals surface area contributed by atoms with Crippen molar-refractivity contribution < 1.29 is 14.7 Å². The molecule has 1 rings (SSSR count). The maximum atomic E-state index is 12.3. The average molecular weight is 278 g/mol. The van der Waals surface area contributed by atoms with Crippen LogP contribution in [0.25, 0.3) is 0 Å². The molecule has 0 aromatic heterocycles. The number of carboxylic acid groups (broad SMARTS) is 1. The number of hydrogen-bond donors (Lipinski definition) is 2. The normalized spacial score (nSPS) is 11.2. The number of nitrogens with zero attached hydrogens (tertiary/aromatic N) is 1. The molecule has 0 aliphatic rings. The van der Waals surface area contributed by atoms with Crippen molar-refractivity contribution in [1.29, 1.82) is 0 Å². The van der Waals surface area contributed by atoms with Gasteiger partial charge in [0.2, 0.25) is 0 Å². The van der Waals surface area contributed by atoms with Crippen LogP contribution in [-0.2, 0) is 11.3 Å². The van der Waals surface area contributed by atoms with Crippen LogP contribution in [0.2, 0.25) is 0 Å². The lowest BCUT2D eigenvalue weighted by molar-refractivity contribution is -0.143. The number of carbonyl (C=O) groups excluding carboxylic acids is 1. The summed E-state index contributed by atoms with van der Waals surface area (Å²) >= 11 is 0. The molecule has 0 unspecified atom stereocenters. The van der Waals surface area contributed by atoms with E-state index in [1.165, 1.54) is 13.8 Å². The van der Waals surface area contributed by atoms with Crippen molar-refractivity contribution in [3.05, 3.63) is 35.9 Å². The maximum absolute atomic E-state index is 12.3. The minimum absolute atomic E-state index is 0.0280. The van der Waals surface area contributed by atoms with E-state index in [2.05, 4.69) is 5.32 Å². The first-order valence-electron chi connectivity index (χ1n) is 6.60. The van der Waals surface area contributed by atoms with Crippen molar-refractivity contribution >= 4 is 12.0 Å². The van der Waals surface area contributed by atoms with E-state index in [4.69, 9.17) is 5.11 Å². The molecule has 0 aliphatic heterocycles. The number of carbonyl (C=O) groups is 2. The van der Waals surface area contributed by atoms with Gasteiger partial charge in [0, 0.05) is 12.6 Å². The monoisotopic (exact) mass is 278 g/mol. The topological polar surface area (TPSA) is 69.6 Å². The molecule has 20 heavy (non-hydrogen) atoms. The SMILES string of the molecule is CC(C)N(Cc1ccccc1)C(=O)NC(C)(C)C(=O)O. The second-order valence-corrected chi connectivity index (χ2v) is 5.57. The number of nitrogens with one attached hydrogen (secondary N) is 1. The van der Waals surface area contributed by atoms with E-state index >= 15 is 0 Å². The van der Waals surface area contributed by atoms with Gasteiger partial charge in [-0.1, -0.05) is 30.3 Å². The highest BCUT2D eigenvalue weighted by Crippen LogP contribution is 2.11. The van der Waals surface area contributed by atoms with Crippen molar-refractivity contribution in [3.8, 4) is 0 Å². The molecule has 1 aromatic carbocycles. The number of carboxylic acids is 1. The van der Waals surface area contributed by atoms with Crippen molar-refractivity contribution in [3.63, 3.8) is 0 Å². The van der Waals surface area contributed by atoms with Gasteiger partial charge in [0.15, 0.2) is 0 Å². The summed E-state index contributed by atoms with van der Waals surface area (Å²) in [6.07, 6.45) is 0. The van der Waals surface area contributed by atoms with Crippen LogP contribution in [0.3, 0.4) is 0 Å². The minimum Gasteiger partial charge on any atom is -0.480 e. The lowest BCUT2D eigenvalue weighted by atomic mass is 10.1. The van der Waals surface area contributed by atoms with Gasteiger partial charge in [-0.2, -0.15) is 0 Å². The zero-order valence-electron chi connectivity index (χ0n) is 12.4. The zero-order chi connectivity index (χ0) is 15.3. The average Bonchev–Trinajstić information content (AvgIpc) is 2.36. The van der Waals surface area contributed by atoms with Crippen LogP contribution in [0.15, 0.2) is 30.3 Å². The number of urea groups is 1. The maximum Gasteiger partial charge on any atom is 0.328 e. The van der Waals surface area contributed by atoms with Crippen molar-refractivity contribution in [2.24, 2.45) is 0 Å². The zero-order valence-corrected chi connectivity index (χ0v) is 12.4. The van der Waals surface area contributed by atoms with E-state index in [0.29, 0.717) is 6.54 Å². The van der Waals surface area contributed by atoms with Crippen LogP contribution in [0.4, 0.5) is 4.79 Å². The summed E-state index contributed by atoms with van der Waals surface area (Å²) in [5.41, 5.74) is -0.287. The second-order valence-electron chi connectivity index (χ2n) is 5.57. The van der Waals surface area contributed by atoms with Crippen LogP contribution in [-0.4, -0.2) is 33.6 Å². The van der Waals surface area contributed by atoms with E-state index < -0.39 is 11.5 Å². The van der Waals surface area contributed by atoms with Gasteiger partial charge in [-0.3, -0.25) is 0 Å². The van der Waals surface area contributed by atoms with Gasteiger partial charge in [-0.05, 0) is 33.3 Å². The first-order chi connectivity index (χ1) is 9.24. The Morgan fingerprint density at radius 1 is 1.25 bits per heavy atom. The van der Waals surface area contributed by atoms with E-state index in [-0.39, 0.29) is 12.1 Å². The summed E-state index contributed by atoms with van der Waals surface area (Å²) in [5.74, 6) is -1.06. The Bertz CT molecular complexity index is 469. The summed E-state index contributed by atoms with van der Waals surface area (Å²) in [6.45, 7) is 7.18. The van der Waals surface area contributed by atoms with Crippen LogP contribution >= 0.6 is 0 Å². The van der Waals surface area contributed by atoms with Gasteiger partial charge in [0.1, 0.15) is 5.54 Å². The standard InChI is InChI=1S/C15H22N2O3/c1-11(2)17(10-12-8-6-5-7-9-12)14(20)16-15(3,4)13(18)19/h5-9,11H,10H2,1-4H3,(H,16,20)(H,18,19). The highest BCUT2D eigenvalue weighted by Gasteiger charge is 2.31. The van der Waals surface area contributed by atoms with Crippen LogP contribution < -0.4 is 5.32 Å². The summed E-state index contributed by atoms with van der Waals surface area (Å²) < 4.78 is 0. The van der Waals surface area contributed by atoms with Gasteiger partial charge in [-0.15, -0.1) is 0 Å². The fourth-order valence-corrected chi connectivity index (χ4v) is 1.66. The molecule has 0 spiro atoms. The first-order valence-corrected chi connectivity index (χ1v) is 6.60. The number of benzene rings is 1. The van der Waals surface area contributed by atoms with Crippen molar-refractivity contribution in [2.45, 2.75) is 45.8 Å². The minimum atomic E-state index is -1.29. The Hall–Kier alpha value is -2.04. The van der Waals surface area contributed by atoms with Crippen molar-refractivity contribution in [1.82, 2.24) is 10.2 Å². The quantitative estimate of drug-likeness (QED) is 0.869. The van der Waals surface area contributed by atoms with E-state index in [0.717, 1.165) is 5.56 Å². The molecule has 110 valence electrons. The van der Waals surface area contributed by atoms with E-state index in [1.54, 1.807) is 4.90 Å². The summed E-state index contributed by atoms with van der Waals surface area (Å²) in [6, 6.07) is 9.20. The number of amides is 2. The molecule has 1 aromatic rings. The molecule has 0 heterocycles. The third-order valence-electron chi connectivity index (χ3n) is 3.03. The highest BCUT2D eigenvalue weighted by atomic mass is 16.4. The molecule has 0 atom stereocenters. The van der Waals surface area contributed by atoms with Crippen LogP contribution in [0.5, 0.6) is 0 Å². The molecule has 2 amide bonds. The van der Waals surface area contributed by atoms with Crippen molar-refractivity contribution in [2.75, 3.05) is 0 Å². The van der Waals surface area contributed by atoms with Gasteiger partial charge < -0.3 is 15.3 Å². The Balaban J connectivity index is 2.81. The molecule has 0 fully saturated rings. The predicted octanol–water partition coefficient (Wildman–Crippen LogP) is 2.47. The van der Waals surface area contributed by atoms with E-state index in [9.17, 15) is 9.59 Å². The molecule has 2 N–H and O–H groups in total. The molecule has 5 heteroatoms. The smallest absolute Gasteiger partial charge is 0.328 e.